The van der Waals surface area contributed by atoms with E-state index in [1.807, 2.05) is 74.2 Å². The number of amides is 2. The summed E-state index contributed by atoms with van der Waals surface area (Å²) in [7, 11) is 1.59. The standard InChI is InChI=1S/C28H28N2O3/c1-5-29(18-21-9-7-6-8-10-21)26-25(24-16-11-19(2)17-20(24)3)27(31)30(28(26)32)22-12-14-23(33-4)15-13-22/h6-17H,5,18H2,1-4H3. The molecule has 5 nitrogen and oxygen atoms in total. The van der Waals surface area contributed by atoms with Crippen LogP contribution in [0.4, 0.5) is 5.69 Å². The van der Waals surface area contributed by atoms with Gasteiger partial charge in [0.05, 0.1) is 18.4 Å². The quantitative estimate of drug-likeness (QED) is 0.479. The van der Waals surface area contributed by atoms with Crippen molar-refractivity contribution < 1.29 is 14.3 Å². The average Bonchev–Trinajstić information content (AvgIpc) is 3.08. The predicted molar refractivity (Wildman–Crippen MR) is 131 cm³/mol. The third kappa shape index (κ3) is 4.27. The SMILES string of the molecule is CCN(Cc1ccccc1)C1=C(c2ccc(C)cc2C)C(=O)N(c2ccc(OC)cc2)C1=O. The van der Waals surface area contributed by atoms with Crippen molar-refractivity contribution >= 4 is 23.1 Å². The second kappa shape index (κ2) is 9.33. The number of carbonyl (C=O) groups excluding carboxylic acids is 2. The van der Waals surface area contributed by atoms with Crippen LogP contribution in [0, 0.1) is 13.8 Å². The summed E-state index contributed by atoms with van der Waals surface area (Å²) in [4.78, 5) is 30.8. The number of ether oxygens (including phenoxy) is 1. The molecule has 4 rings (SSSR count). The van der Waals surface area contributed by atoms with E-state index in [2.05, 4.69) is 0 Å². The highest BCUT2D eigenvalue weighted by Gasteiger charge is 2.42. The third-order valence-electron chi connectivity index (χ3n) is 5.96. The van der Waals surface area contributed by atoms with Gasteiger partial charge in [-0.1, -0.05) is 54.1 Å². The molecule has 0 N–H and O–H groups in total. The number of anilines is 1. The monoisotopic (exact) mass is 440 g/mol. The molecule has 0 spiro atoms. The predicted octanol–water partition coefficient (Wildman–Crippen LogP) is 5.12. The molecule has 0 aliphatic carbocycles. The fourth-order valence-corrected chi connectivity index (χ4v) is 4.27. The molecule has 0 unspecified atom stereocenters. The van der Waals surface area contributed by atoms with Crippen molar-refractivity contribution in [2.24, 2.45) is 0 Å². The van der Waals surface area contributed by atoms with Crippen molar-refractivity contribution in [3.05, 3.63) is 101 Å². The van der Waals surface area contributed by atoms with Crippen LogP contribution < -0.4 is 9.64 Å². The second-order valence-electron chi connectivity index (χ2n) is 8.19. The first-order chi connectivity index (χ1) is 15.9. The second-order valence-corrected chi connectivity index (χ2v) is 8.19. The molecule has 1 heterocycles. The zero-order chi connectivity index (χ0) is 23.5. The molecule has 3 aromatic rings. The molecule has 33 heavy (non-hydrogen) atoms. The van der Waals surface area contributed by atoms with Gasteiger partial charge in [0.25, 0.3) is 11.8 Å². The van der Waals surface area contributed by atoms with Crippen molar-refractivity contribution in [3.8, 4) is 5.75 Å². The number of methoxy groups -OCH3 is 1. The molecule has 3 aromatic carbocycles. The van der Waals surface area contributed by atoms with Crippen LogP contribution in [0.1, 0.15) is 29.2 Å². The van der Waals surface area contributed by atoms with Gasteiger partial charge in [-0.05, 0) is 61.7 Å². The summed E-state index contributed by atoms with van der Waals surface area (Å²) < 4.78 is 5.24. The Morgan fingerprint density at radius 2 is 1.58 bits per heavy atom. The van der Waals surface area contributed by atoms with E-state index in [0.29, 0.717) is 35.8 Å². The Kier molecular flexibility index (Phi) is 6.31. The fraction of sp³-hybridized carbons (Fsp3) is 0.214. The summed E-state index contributed by atoms with van der Waals surface area (Å²) in [5.41, 5.74) is 5.36. The van der Waals surface area contributed by atoms with E-state index in [1.165, 1.54) is 4.90 Å². The fourth-order valence-electron chi connectivity index (χ4n) is 4.27. The van der Waals surface area contributed by atoms with Gasteiger partial charge in [-0.2, -0.15) is 0 Å². The van der Waals surface area contributed by atoms with Gasteiger partial charge in [0, 0.05) is 13.1 Å². The first-order valence-electron chi connectivity index (χ1n) is 11.1. The average molecular weight is 441 g/mol. The molecule has 0 saturated heterocycles. The number of aryl methyl sites for hydroxylation is 2. The summed E-state index contributed by atoms with van der Waals surface area (Å²) in [5, 5.41) is 0. The normalized spacial score (nSPS) is 13.6. The van der Waals surface area contributed by atoms with Gasteiger partial charge >= 0.3 is 0 Å². The van der Waals surface area contributed by atoms with E-state index in [-0.39, 0.29) is 11.8 Å². The molecule has 1 aliphatic rings. The third-order valence-corrected chi connectivity index (χ3v) is 5.96. The van der Waals surface area contributed by atoms with Gasteiger partial charge in [-0.25, -0.2) is 4.90 Å². The molecule has 0 fully saturated rings. The van der Waals surface area contributed by atoms with E-state index < -0.39 is 0 Å². The van der Waals surface area contributed by atoms with Crippen molar-refractivity contribution in [1.82, 2.24) is 4.90 Å². The largest absolute Gasteiger partial charge is 0.497 e. The maximum absolute atomic E-state index is 13.8. The Balaban J connectivity index is 1.84. The number of benzene rings is 3. The Hall–Kier alpha value is -3.86. The molecule has 2 amide bonds. The highest BCUT2D eigenvalue weighted by molar-refractivity contribution is 6.45. The summed E-state index contributed by atoms with van der Waals surface area (Å²) in [6.07, 6.45) is 0. The molecule has 0 atom stereocenters. The van der Waals surface area contributed by atoms with Gasteiger partial charge in [0.2, 0.25) is 0 Å². The topological polar surface area (TPSA) is 49.9 Å². The lowest BCUT2D eigenvalue weighted by atomic mass is 9.97. The highest BCUT2D eigenvalue weighted by atomic mass is 16.5. The zero-order valence-electron chi connectivity index (χ0n) is 19.5. The number of rotatable bonds is 7. The lowest BCUT2D eigenvalue weighted by Crippen LogP contribution is -2.35. The smallest absolute Gasteiger partial charge is 0.282 e. The van der Waals surface area contributed by atoms with Gasteiger partial charge in [0.15, 0.2) is 0 Å². The van der Waals surface area contributed by atoms with Crippen LogP contribution >= 0.6 is 0 Å². The van der Waals surface area contributed by atoms with Gasteiger partial charge in [-0.15, -0.1) is 0 Å². The van der Waals surface area contributed by atoms with Crippen LogP contribution in [0.5, 0.6) is 5.75 Å². The van der Waals surface area contributed by atoms with Crippen LogP contribution in [-0.2, 0) is 16.1 Å². The van der Waals surface area contributed by atoms with Gasteiger partial charge in [0.1, 0.15) is 11.4 Å². The molecule has 0 saturated carbocycles. The Bertz CT molecular complexity index is 1210. The molecule has 5 heteroatoms. The van der Waals surface area contributed by atoms with Crippen molar-refractivity contribution in [2.45, 2.75) is 27.3 Å². The summed E-state index contributed by atoms with van der Waals surface area (Å²) in [5.74, 6) is 0.0523. The summed E-state index contributed by atoms with van der Waals surface area (Å²) >= 11 is 0. The van der Waals surface area contributed by atoms with Gasteiger partial charge in [-0.3, -0.25) is 9.59 Å². The summed E-state index contributed by atoms with van der Waals surface area (Å²) in [6.45, 7) is 7.13. The van der Waals surface area contributed by atoms with Crippen molar-refractivity contribution in [2.75, 3.05) is 18.6 Å². The number of imide groups is 1. The maximum atomic E-state index is 13.8. The molecule has 168 valence electrons. The molecule has 1 aliphatic heterocycles. The molecular weight excluding hydrogens is 412 g/mol. The minimum absolute atomic E-state index is 0.307. The van der Waals surface area contributed by atoms with Crippen LogP contribution in [-0.4, -0.2) is 30.4 Å². The minimum atomic E-state index is -0.307. The molecular formula is C28H28N2O3. The Labute approximate surface area is 194 Å². The zero-order valence-corrected chi connectivity index (χ0v) is 19.5. The Morgan fingerprint density at radius 1 is 0.879 bits per heavy atom. The molecule has 0 radical (unpaired) electrons. The van der Waals surface area contributed by atoms with E-state index >= 15 is 0 Å². The van der Waals surface area contributed by atoms with Gasteiger partial charge < -0.3 is 9.64 Å². The molecule has 0 bridgehead atoms. The summed E-state index contributed by atoms with van der Waals surface area (Å²) in [6, 6.07) is 22.9. The first kappa shape index (κ1) is 22.3. The number of hydrogen-bond donors (Lipinski definition) is 0. The highest BCUT2D eigenvalue weighted by Crippen LogP contribution is 2.37. The van der Waals surface area contributed by atoms with Crippen molar-refractivity contribution in [1.29, 1.82) is 0 Å². The van der Waals surface area contributed by atoms with E-state index in [4.69, 9.17) is 4.74 Å². The van der Waals surface area contributed by atoms with Crippen LogP contribution in [0.25, 0.3) is 5.57 Å². The van der Waals surface area contributed by atoms with Crippen molar-refractivity contribution in [3.63, 3.8) is 0 Å². The Morgan fingerprint density at radius 3 is 2.18 bits per heavy atom. The number of hydrogen-bond acceptors (Lipinski definition) is 4. The number of carbonyl (C=O) groups is 2. The lowest BCUT2D eigenvalue weighted by Gasteiger charge is -2.25. The molecule has 0 aromatic heterocycles. The lowest BCUT2D eigenvalue weighted by molar-refractivity contribution is -0.120. The van der Waals surface area contributed by atoms with E-state index in [9.17, 15) is 9.59 Å². The van der Waals surface area contributed by atoms with Crippen LogP contribution in [0.15, 0.2) is 78.5 Å². The van der Waals surface area contributed by atoms with Crippen LogP contribution in [0.3, 0.4) is 0 Å². The first-order valence-corrected chi connectivity index (χ1v) is 11.1. The van der Waals surface area contributed by atoms with Crippen LogP contribution in [0.2, 0.25) is 0 Å². The number of nitrogens with zero attached hydrogens (tertiary/aromatic N) is 2. The van der Waals surface area contributed by atoms with E-state index in [0.717, 1.165) is 22.3 Å². The number of likely N-dealkylation sites (N-methyl/N-ethyl adjacent to an activating group) is 1. The van der Waals surface area contributed by atoms with E-state index in [1.54, 1.807) is 31.4 Å². The minimum Gasteiger partial charge on any atom is -0.497 e. The maximum Gasteiger partial charge on any atom is 0.282 e.